The van der Waals surface area contributed by atoms with E-state index in [4.69, 9.17) is 9.47 Å². The molecule has 5 heteroatoms. The Hall–Kier alpha value is -0.940. The monoisotopic (exact) mass is 243 g/mol. The van der Waals surface area contributed by atoms with Crippen molar-refractivity contribution in [3.63, 3.8) is 0 Å². The van der Waals surface area contributed by atoms with E-state index >= 15 is 0 Å². The summed E-state index contributed by atoms with van der Waals surface area (Å²) >= 11 is 0. The predicted octanol–water partition coefficient (Wildman–Crippen LogP) is 0.620. The van der Waals surface area contributed by atoms with Crippen molar-refractivity contribution in [3.05, 3.63) is 0 Å². The van der Waals surface area contributed by atoms with Gasteiger partial charge in [0.1, 0.15) is 12.4 Å². The Morgan fingerprint density at radius 2 is 2.12 bits per heavy atom. The standard InChI is InChI=1S/C12H21NO4/c1-10(14)8-11-4-3-5-13(11)12(15)9-17-7-6-16-2/h11H,3-9H2,1-2H3. The lowest BCUT2D eigenvalue weighted by Gasteiger charge is -2.23. The lowest BCUT2D eigenvalue weighted by Crippen LogP contribution is -2.39. The average Bonchev–Trinajstić information content (AvgIpc) is 2.71. The van der Waals surface area contributed by atoms with E-state index in [1.807, 2.05) is 0 Å². The zero-order chi connectivity index (χ0) is 12.7. The molecule has 0 aromatic rings. The molecular formula is C12H21NO4. The number of ketones is 1. The molecule has 98 valence electrons. The minimum Gasteiger partial charge on any atom is -0.382 e. The molecule has 0 N–H and O–H groups in total. The maximum atomic E-state index is 11.8. The van der Waals surface area contributed by atoms with Crippen molar-refractivity contribution in [2.75, 3.05) is 33.5 Å². The average molecular weight is 243 g/mol. The highest BCUT2D eigenvalue weighted by Gasteiger charge is 2.29. The summed E-state index contributed by atoms with van der Waals surface area (Å²) in [6, 6.07) is 0.0750. The molecule has 1 aliphatic rings. The van der Waals surface area contributed by atoms with Gasteiger partial charge in [0.05, 0.1) is 13.2 Å². The molecule has 0 aromatic carbocycles. The summed E-state index contributed by atoms with van der Waals surface area (Å²) in [7, 11) is 1.59. The number of hydrogen-bond acceptors (Lipinski definition) is 4. The third-order valence-corrected chi connectivity index (χ3v) is 2.88. The van der Waals surface area contributed by atoms with Gasteiger partial charge >= 0.3 is 0 Å². The molecule has 1 fully saturated rings. The third kappa shape index (κ3) is 4.83. The van der Waals surface area contributed by atoms with E-state index in [9.17, 15) is 9.59 Å². The second-order valence-electron chi connectivity index (χ2n) is 4.33. The van der Waals surface area contributed by atoms with E-state index in [0.717, 1.165) is 19.4 Å². The first-order chi connectivity index (χ1) is 8.15. The van der Waals surface area contributed by atoms with Crippen LogP contribution in [-0.2, 0) is 19.1 Å². The van der Waals surface area contributed by atoms with E-state index in [-0.39, 0.29) is 24.3 Å². The van der Waals surface area contributed by atoms with Crippen LogP contribution >= 0.6 is 0 Å². The van der Waals surface area contributed by atoms with Gasteiger partial charge in [0.25, 0.3) is 0 Å². The van der Waals surface area contributed by atoms with E-state index in [2.05, 4.69) is 0 Å². The normalized spacial score (nSPS) is 19.6. The molecule has 1 saturated heterocycles. The molecule has 0 radical (unpaired) electrons. The Morgan fingerprint density at radius 1 is 1.35 bits per heavy atom. The number of methoxy groups -OCH3 is 1. The summed E-state index contributed by atoms with van der Waals surface area (Å²) < 4.78 is 10.0. The van der Waals surface area contributed by atoms with E-state index in [0.29, 0.717) is 19.6 Å². The fraction of sp³-hybridized carbons (Fsp3) is 0.833. The molecule has 0 saturated carbocycles. The molecule has 1 heterocycles. The van der Waals surface area contributed by atoms with Crippen LogP contribution < -0.4 is 0 Å². The van der Waals surface area contributed by atoms with E-state index < -0.39 is 0 Å². The minimum atomic E-state index is -0.0233. The van der Waals surface area contributed by atoms with Gasteiger partial charge < -0.3 is 14.4 Å². The summed E-state index contributed by atoms with van der Waals surface area (Å²) in [5.74, 6) is 0.111. The summed E-state index contributed by atoms with van der Waals surface area (Å²) in [6.45, 7) is 3.30. The molecule has 1 rings (SSSR count). The van der Waals surface area contributed by atoms with Crippen LogP contribution in [0.25, 0.3) is 0 Å². The van der Waals surface area contributed by atoms with Crippen LogP contribution in [0, 0.1) is 0 Å². The van der Waals surface area contributed by atoms with Crippen LogP contribution in [0.1, 0.15) is 26.2 Å². The topological polar surface area (TPSA) is 55.8 Å². The molecule has 5 nitrogen and oxygen atoms in total. The molecule has 17 heavy (non-hydrogen) atoms. The largest absolute Gasteiger partial charge is 0.382 e. The van der Waals surface area contributed by atoms with Gasteiger partial charge in [-0.1, -0.05) is 0 Å². The predicted molar refractivity (Wildman–Crippen MR) is 62.7 cm³/mol. The zero-order valence-corrected chi connectivity index (χ0v) is 10.6. The van der Waals surface area contributed by atoms with Gasteiger partial charge in [-0.2, -0.15) is 0 Å². The molecule has 0 spiro atoms. The van der Waals surface area contributed by atoms with Crippen molar-refractivity contribution < 1.29 is 19.1 Å². The zero-order valence-electron chi connectivity index (χ0n) is 10.6. The van der Waals surface area contributed by atoms with Crippen LogP contribution in [0.3, 0.4) is 0 Å². The lowest BCUT2D eigenvalue weighted by molar-refractivity contribution is -0.137. The highest BCUT2D eigenvalue weighted by atomic mass is 16.5. The highest BCUT2D eigenvalue weighted by molar-refractivity contribution is 5.80. The first kappa shape index (κ1) is 14.1. The third-order valence-electron chi connectivity index (χ3n) is 2.88. The van der Waals surface area contributed by atoms with Gasteiger partial charge in [-0.25, -0.2) is 0 Å². The minimum absolute atomic E-state index is 0.0233. The number of ether oxygens (including phenoxy) is 2. The van der Waals surface area contributed by atoms with Crippen molar-refractivity contribution >= 4 is 11.7 Å². The van der Waals surface area contributed by atoms with E-state index in [1.165, 1.54) is 0 Å². The Kier molecular flexibility index (Phi) is 6.15. The van der Waals surface area contributed by atoms with Crippen molar-refractivity contribution in [1.82, 2.24) is 4.90 Å². The summed E-state index contributed by atoms with van der Waals surface area (Å²) in [5, 5.41) is 0. The van der Waals surface area contributed by atoms with Crippen molar-refractivity contribution in [3.8, 4) is 0 Å². The van der Waals surface area contributed by atoms with Crippen molar-refractivity contribution in [2.45, 2.75) is 32.2 Å². The fourth-order valence-corrected chi connectivity index (χ4v) is 2.09. The van der Waals surface area contributed by atoms with Crippen LogP contribution in [0.2, 0.25) is 0 Å². The Bertz CT molecular complexity index is 267. The summed E-state index contributed by atoms with van der Waals surface area (Å²) in [5.41, 5.74) is 0. The number of hydrogen-bond donors (Lipinski definition) is 0. The quantitative estimate of drug-likeness (QED) is 0.615. The first-order valence-electron chi connectivity index (χ1n) is 6.00. The molecule has 1 unspecified atom stereocenters. The van der Waals surface area contributed by atoms with Gasteiger partial charge in [0.15, 0.2) is 0 Å². The number of carbonyl (C=O) groups is 2. The van der Waals surface area contributed by atoms with Crippen LogP contribution in [0.15, 0.2) is 0 Å². The smallest absolute Gasteiger partial charge is 0.248 e. The number of carbonyl (C=O) groups excluding carboxylic acids is 2. The molecular weight excluding hydrogens is 222 g/mol. The number of amides is 1. The highest BCUT2D eigenvalue weighted by Crippen LogP contribution is 2.20. The summed E-state index contributed by atoms with van der Waals surface area (Å²) in [4.78, 5) is 24.7. The maximum Gasteiger partial charge on any atom is 0.248 e. The second-order valence-corrected chi connectivity index (χ2v) is 4.33. The van der Waals surface area contributed by atoms with Crippen LogP contribution in [0.5, 0.6) is 0 Å². The van der Waals surface area contributed by atoms with Gasteiger partial charge in [-0.15, -0.1) is 0 Å². The molecule has 0 aromatic heterocycles. The summed E-state index contributed by atoms with van der Waals surface area (Å²) in [6.07, 6.45) is 2.36. The Balaban J connectivity index is 2.31. The van der Waals surface area contributed by atoms with Gasteiger partial charge in [0.2, 0.25) is 5.91 Å². The molecule has 0 bridgehead atoms. The van der Waals surface area contributed by atoms with E-state index in [1.54, 1.807) is 18.9 Å². The SMILES string of the molecule is COCCOCC(=O)N1CCCC1CC(C)=O. The number of rotatable bonds is 7. The lowest BCUT2D eigenvalue weighted by atomic mass is 10.1. The number of nitrogens with zero attached hydrogens (tertiary/aromatic N) is 1. The molecule has 0 aliphatic carbocycles. The first-order valence-corrected chi connectivity index (χ1v) is 6.00. The van der Waals surface area contributed by atoms with Crippen LogP contribution in [-0.4, -0.2) is 56.1 Å². The second kappa shape index (κ2) is 7.40. The Labute approximate surface area is 102 Å². The fourth-order valence-electron chi connectivity index (χ4n) is 2.09. The van der Waals surface area contributed by atoms with Crippen molar-refractivity contribution in [1.29, 1.82) is 0 Å². The van der Waals surface area contributed by atoms with Crippen molar-refractivity contribution in [2.24, 2.45) is 0 Å². The maximum absolute atomic E-state index is 11.8. The number of Topliss-reactive ketones (excluding diaryl/α,β-unsaturated/α-hetero) is 1. The molecule has 1 aliphatic heterocycles. The van der Waals surface area contributed by atoms with Gasteiger partial charge in [0, 0.05) is 26.1 Å². The van der Waals surface area contributed by atoms with Crippen LogP contribution in [0.4, 0.5) is 0 Å². The number of likely N-dealkylation sites (tertiary alicyclic amines) is 1. The van der Waals surface area contributed by atoms with Gasteiger partial charge in [-0.05, 0) is 19.8 Å². The molecule has 1 atom stereocenters. The van der Waals surface area contributed by atoms with Gasteiger partial charge in [-0.3, -0.25) is 9.59 Å². The Morgan fingerprint density at radius 3 is 2.76 bits per heavy atom. The molecule has 1 amide bonds.